The Morgan fingerprint density at radius 3 is 2.50 bits per heavy atom. The summed E-state index contributed by atoms with van der Waals surface area (Å²) in [5.41, 5.74) is 1.77. The molecule has 3 heteroatoms. The highest BCUT2D eigenvalue weighted by Crippen LogP contribution is 2.62. The topological polar surface area (TPSA) is 12.0 Å². The fraction of sp³-hybridized carbons (Fsp3) is 0.647. The minimum Gasteiger partial charge on any atom is -0.319 e. The molecule has 2 aliphatic carbocycles. The van der Waals surface area contributed by atoms with Crippen molar-refractivity contribution in [3.05, 3.63) is 34.6 Å². The normalized spacial score (nSPS) is 23.6. The van der Waals surface area contributed by atoms with Crippen LogP contribution in [0, 0.1) is 11.2 Å². The molecule has 0 saturated heterocycles. The number of rotatable bonds is 3. The smallest absolute Gasteiger partial charge is 0.124 e. The third-order valence-electron chi connectivity index (χ3n) is 5.36. The SMILES string of the molecule is CNCC1(c2ccc(F)cc2Cl)CC2(CCCCC2)C1. The molecule has 1 spiro atoms. The fourth-order valence-electron chi connectivity index (χ4n) is 4.71. The zero-order valence-electron chi connectivity index (χ0n) is 12.1. The number of benzene rings is 1. The summed E-state index contributed by atoms with van der Waals surface area (Å²) in [6.45, 7) is 0.931. The number of halogens is 2. The first-order valence-electron chi connectivity index (χ1n) is 7.69. The molecule has 0 heterocycles. The summed E-state index contributed by atoms with van der Waals surface area (Å²) in [5.74, 6) is -0.245. The first kappa shape index (κ1) is 14.3. The Morgan fingerprint density at radius 1 is 1.20 bits per heavy atom. The molecule has 0 unspecified atom stereocenters. The lowest BCUT2D eigenvalue weighted by molar-refractivity contribution is -0.0118. The molecule has 2 aliphatic rings. The molecule has 0 aliphatic heterocycles. The summed E-state index contributed by atoms with van der Waals surface area (Å²) < 4.78 is 13.3. The van der Waals surface area contributed by atoms with E-state index in [0.29, 0.717) is 10.4 Å². The van der Waals surface area contributed by atoms with E-state index in [0.717, 1.165) is 12.1 Å². The molecule has 0 aromatic heterocycles. The molecule has 0 atom stereocenters. The summed E-state index contributed by atoms with van der Waals surface area (Å²) in [4.78, 5) is 0. The standard InChI is InChI=1S/C17H23ClFN/c1-20-12-17(14-6-5-13(19)9-15(14)18)10-16(11-17)7-3-2-4-8-16/h5-6,9,20H,2-4,7-8,10-12H2,1H3. The summed E-state index contributed by atoms with van der Waals surface area (Å²) in [7, 11) is 1.99. The van der Waals surface area contributed by atoms with Gasteiger partial charge in [0.05, 0.1) is 0 Å². The van der Waals surface area contributed by atoms with Gasteiger partial charge in [-0.15, -0.1) is 0 Å². The Bertz CT molecular complexity index is 486. The van der Waals surface area contributed by atoms with Gasteiger partial charge in [-0.25, -0.2) is 4.39 Å². The first-order valence-corrected chi connectivity index (χ1v) is 8.07. The molecule has 110 valence electrons. The van der Waals surface area contributed by atoms with Crippen molar-refractivity contribution in [3.8, 4) is 0 Å². The van der Waals surface area contributed by atoms with Gasteiger partial charge in [0.25, 0.3) is 0 Å². The summed E-state index contributed by atoms with van der Waals surface area (Å²) in [6, 6.07) is 4.90. The van der Waals surface area contributed by atoms with Gasteiger partial charge in [-0.2, -0.15) is 0 Å². The third-order valence-corrected chi connectivity index (χ3v) is 5.67. The Morgan fingerprint density at radius 2 is 1.90 bits per heavy atom. The van der Waals surface area contributed by atoms with Crippen LogP contribution >= 0.6 is 11.6 Å². The van der Waals surface area contributed by atoms with E-state index in [9.17, 15) is 4.39 Å². The highest BCUT2D eigenvalue weighted by Gasteiger charge is 2.55. The molecule has 1 aromatic rings. The minimum absolute atomic E-state index is 0.108. The molecule has 2 fully saturated rings. The van der Waals surface area contributed by atoms with Crippen LogP contribution in [0.15, 0.2) is 18.2 Å². The van der Waals surface area contributed by atoms with Gasteiger partial charge in [0.1, 0.15) is 5.82 Å². The van der Waals surface area contributed by atoms with Gasteiger partial charge in [0.2, 0.25) is 0 Å². The lowest BCUT2D eigenvalue weighted by atomic mass is 9.46. The summed E-state index contributed by atoms with van der Waals surface area (Å²) >= 11 is 6.32. The highest BCUT2D eigenvalue weighted by atomic mass is 35.5. The second-order valence-corrected chi connectivity index (χ2v) is 7.26. The first-order chi connectivity index (χ1) is 9.59. The van der Waals surface area contributed by atoms with Gasteiger partial charge >= 0.3 is 0 Å². The Balaban J connectivity index is 1.87. The van der Waals surface area contributed by atoms with E-state index in [2.05, 4.69) is 5.32 Å². The Labute approximate surface area is 125 Å². The molecule has 2 saturated carbocycles. The van der Waals surface area contributed by atoms with Gasteiger partial charge in [-0.3, -0.25) is 0 Å². The highest BCUT2D eigenvalue weighted by molar-refractivity contribution is 6.31. The Hall–Kier alpha value is -0.600. The van der Waals surface area contributed by atoms with Crippen LogP contribution in [0.25, 0.3) is 0 Å². The van der Waals surface area contributed by atoms with E-state index >= 15 is 0 Å². The zero-order valence-corrected chi connectivity index (χ0v) is 12.9. The summed E-state index contributed by atoms with van der Waals surface area (Å²) in [5, 5.41) is 3.91. The molecule has 3 rings (SSSR count). The largest absolute Gasteiger partial charge is 0.319 e. The van der Waals surface area contributed by atoms with Crippen LogP contribution in [0.4, 0.5) is 4.39 Å². The molecular formula is C17H23ClFN. The van der Waals surface area contributed by atoms with E-state index in [1.54, 1.807) is 6.07 Å². The molecule has 1 nitrogen and oxygen atoms in total. The van der Waals surface area contributed by atoms with Crippen LogP contribution in [0.2, 0.25) is 5.02 Å². The van der Waals surface area contributed by atoms with Crippen molar-refractivity contribution in [1.29, 1.82) is 0 Å². The van der Waals surface area contributed by atoms with Crippen molar-refractivity contribution in [2.45, 2.75) is 50.4 Å². The maximum atomic E-state index is 13.3. The van der Waals surface area contributed by atoms with Gasteiger partial charge in [0, 0.05) is 17.0 Å². The van der Waals surface area contributed by atoms with Crippen LogP contribution in [0.5, 0.6) is 0 Å². The molecule has 1 N–H and O–H groups in total. The molecule has 0 bridgehead atoms. The lowest BCUT2D eigenvalue weighted by Crippen LogP contribution is -2.55. The molecular weight excluding hydrogens is 273 g/mol. The van der Waals surface area contributed by atoms with E-state index in [1.807, 2.05) is 13.1 Å². The van der Waals surface area contributed by atoms with Gasteiger partial charge in [-0.1, -0.05) is 36.9 Å². The Kier molecular flexibility index (Phi) is 3.81. The van der Waals surface area contributed by atoms with Gasteiger partial charge < -0.3 is 5.32 Å². The number of nitrogens with one attached hydrogen (secondary N) is 1. The van der Waals surface area contributed by atoms with E-state index in [1.165, 1.54) is 51.0 Å². The molecule has 1 aromatic carbocycles. The second kappa shape index (κ2) is 5.31. The average Bonchev–Trinajstić information content (AvgIpc) is 2.38. The number of hydrogen-bond acceptors (Lipinski definition) is 1. The maximum Gasteiger partial charge on any atom is 0.124 e. The van der Waals surface area contributed by atoms with Crippen LogP contribution < -0.4 is 5.32 Å². The fourth-order valence-corrected chi connectivity index (χ4v) is 5.08. The van der Waals surface area contributed by atoms with Crippen LogP contribution in [-0.4, -0.2) is 13.6 Å². The number of likely N-dealkylation sites (N-methyl/N-ethyl adjacent to an activating group) is 1. The molecule has 0 radical (unpaired) electrons. The third kappa shape index (κ3) is 2.37. The molecule has 0 amide bonds. The van der Waals surface area contributed by atoms with Crippen molar-refractivity contribution in [1.82, 2.24) is 5.32 Å². The van der Waals surface area contributed by atoms with Crippen LogP contribution in [0.3, 0.4) is 0 Å². The lowest BCUT2D eigenvalue weighted by Gasteiger charge is -2.59. The second-order valence-electron chi connectivity index (χ2n) is 6.85. The van der Waals surface area contributed by atoms with E-state index in [-0.39, 0.29) is 11.2 Å². The van der Waals surface area contributed by atoms with Gasteiger partial charge in [0.15, 0.2) is 0 Å². The average molecular weight is 296 g/mol. The van der Waals surface area contributed by atoms with Crippen molar-refractivity contribution in [3.63, 3.8) is 0 Å². The van der Waals surface area contributed by atoms with Crippen molar-refractivity contribution in [2.24, 2.45) is 5.41 Å². The number of hydrogen-bond donors (Lipinski definition) is 1. The maximum absolute atomic E-state index is 13.3. The summed E-state index contributed by atoms with van der Waals surface area (Å²) in [6.07, 6.45) is 9.24. The quantitative estimate of drug-likeness (QED) is 0.854. The predicted molar refractivity (Wildman–Crippen MR) is 81.8 cm³/mol. The van der Waals surface area contributed by atoms with E-state index < -0.39 is 0 Å². The van der Waals surface area contributed by atoms with Crippen LogP contribution in [0.1, 0.15) is 50.5 Å². The van der Waals surface area contributed by atoms with Gasteiger partial charge in [-0.05, 0) is 55.8 Å². The predicted octanol–water partition coefficient (Wildman–Crippen LogP) is 4.68. The van der Waals surface area contributed by atoms with Crippen LogP contribution in [-0.2, 0) is 5.41 Å². The van der Waals surface area contributed by atoms with Crippen molar-refractivity contribution < 1.29 is 4.39 Å². The zero-order chi connectivity index (χ0) is 14.2. The van der Waals surface area contributed by atoms with E-state index in [4.69, 9.17) is 11.6 Å². The molecule has 20 heavy (non-hydrogen) atoms. The minimum atomic E-state index is -0.245. The van der Waals surface area contributed by atoms with Crippen molar-refractivity contribution >= 4 is 11.6 Å². The van der Waals surface area contributed by atoms with Crippen molar-refractivity contribution in [2.75, 3.05) is 13.6 Å². The monoisotopic (exact) mass is 295 g/mol.